The second kappa shape index (κ2) is 4.32. The lowest BCUT2D eigenvalue weighted by Gasteiger charge is -2.12. The highest BCUT2D eigenvalue weighted by Crippen LogP contribution is 2.37. The van der Waals surface area contributed by atoms with E-state index in [-0.39, 0.29) is 15.7 Å². The standard InChI is InChI=1S/C9H7BrF3NO2/c1-16-8(15)4-2-6(10)5(3-7(4)14)9(11,12)13/h2-3H,14H2,1H3. The van der Waals surface area contributed by atoms with E-state index in [1.807, 2.05) is 0 Å². The van der Waals surface area contributed by atoms with Crippen LogP contribution in [-0.4, -0.2) is 13.1 Å². The minimum absolute atomic E-state index is 0.109. The van der Waals surface area contributed by atoms with Gasteiger partial charge in [0, 0.05) is 10.2 Å². The largest absolute Gasteiger partial charge is 0.465 e. The number of halogens is 4. The molecule has 7 heteroatoms. The Morgan fingerprint density at radius 2 is 2.00 bits per heavy atom. The Labute approximate surface area is 97.5 Å². The van der Waals surface area contributed by atoms with Gasteiger partial charge in [-0.05, 0) is 12.1 Å². The summed E-state index contributed by atoms with van der Waals surface area (Å²) in [6, 6.07) is 1.68. The van der Waals surface area contributed by atoms with Crippen LogP contribution in [0.25, 0.3) is 0 Å². The van der Waals surface area contributed by atoms with Crippen LogP contribution in [0.5, 0.6) is 0 Å². The lowest BCUT2D eigenvalue weighted by molar-refractivity contribution is -0.138. The smallest absolute Gasteiger partial charge is 0.417 e. The Bertz CT molecular complexity index is 431. The van der Waals surface area contributed by atoms with Crippen LogP contribution in [0.15, 0.2) is 16.6 Å². The fraction of sp³-hybridized carbons (Fsp3) is 0.222. The molecule has 2 N–H and O–H groups in total. The fourth-order valence-electron chi connectivity index (χ4n) is 1.09. The highest BCUT2D eigenvalue weighted by atomic mass is 79.9. The summed E-state index contributed by atoms with van der Waals surface area (Å²) >= 11 is 2.73. The van der Waals surface area contributed by atoms with Crippen molar-refractivity contribution in [1.29, 1.82) is 0 Å². The molecular weight excluding hydrogens is 291 g/mol. The second-order valence-corrected chi connectivity index (χ2v) is 3.76. The molecule has 0 saturated carbocycles. The molecule has 0 atom stereocenters. The molecule has 88 valence electrons. The summed E-state index contributed by atoms with van der Waals surface area (Å²) in [7, 11) is 1.12. The van der Waals surface area contributed by atoms with Gasteiger partial charge in [0.15, 0.2) is 0 Å². The Hall–Kier alpha value is -1.24. The maximum absolute atomic E-state index is 12.4. The molecule has 0 bridgehead atoms. The summed E-state index contributed by atoms with van der Waals surface area (Å²) in [4.78, 5) is 11.1. The van der Waals surface area contributed by atoms with Crippen LogP contribution in [0, 0.1) is 0 Å². The quantitative estimate of drug-likeness (QED) is 0.640. The lowest BCUT2D eigenvalue weighted by atomic mass is 10.1. The molecule has 0 saturated heterocycles. The van der Waals surface area contributed by atoms with E-state index in [0.29, 0.717) is 6.07 Å². The monoisotopic (exact) mass is 297 g/mol. The molecule has 16 heavy (non-hydrogen) atoms. The number of carbonyl (C=O) groups is 1. The maximum atomic E-state index is 12.4. The predicted octanol–water partition coefficient (Wildman–Crippen LogP) is 2.84. The van der Waals surface area contributed by atoms with Gasteiger partial charge in [-0.25, -0.2) is 4.79 Å². The Balaban J connectivity index is 3.33. The zero-order chi connectivity index (χ0) is 12.5. The van der Waals surface area contributed by atoms with Gasteiger partial charge in [0.1, 0.15) is 0 Å². The number of esters is 1. The van der Waals surface area contributed by atoms with E-state index in [1.165, 1.54) is 0 Å². The molecule has 0 radical (unpaired) electrons. The highest BCUT2D eigenvalue weighted by molar-refractivity contribution is 9.10. The maximum Gasteiger partial charge on any atom is 0.417 e. The van der Waals surface area contributed by atoms with Gasteiger partial charge in [-0.15, -0.1) is 0 Å². The molecule has 1 aromatic carbocycles. The molecule has 0 aliphatic rings. The van der Waals surface area contributed by atoms with Crippen LogP contribution in [0.2, 0.25) is 0 Å². The molecule has 0 aromatic heterocycles. The van der Waals surface area contributed by atoms with Gasteiger partial charge in [-0.2, -0.15) is 13.2 Å². The van der Waals surface area contributed by atoms with Crippen molar-refractivity contribution in [1.82, 2.24) is 0 Å². The van der Waals surface area contributed by atoms with Crippen molar-refractivity contribution in [3.63, 3.8) is 0 Å². The molecule has 0 spiro atoms. The van der Waals surface area contributed by atoms with E-state index >= 15 is 0 Å². The van der Waals surface area contributed by atoms with Gasteiger partial charge >= 0.3 is 12.1 Å². The number of hydrogen-bond donors (Lipinski definition) is 1. The van der Waals surface area contributed by atoms with Gasteiger partial charge in [-0.3, -0.25) is 0 Å². The van der Waals surface area contributed by atoms with E-state index in [4.69, 9.17) is 5.73 Å². The number of methoxy groups -OCH3 is 1. The van der Waals surface area contributed by atoms with Gasteiger partial charge in [0.25, 0.3) is 0 Å². The molecule has 1 aromatic rings. The fourth-order valence-corrected chi connectivity index (χ4v) is 1.66. The molecule has 1 rings (SSSR count). The van der Waals surface area contributed by atoms with Gasteiger partial charge in [0.05, 0.1) is 18.2 Å². The van der Waals surface area contributed by atoms with E-state index in [9.17, 15) is 18.0 Å². The van der Waals surface area contributed by atoms with Crippen molar-refractivity contribution in [3.05, 3.63) is 27.7 Å². The minimum Gasteiger partial charge on any atom is -0.465 e. The van der Waals surface area contributed by atoms with Crippen LogP contribution in [0.4, 0.5) is 18.9 Å². The first-order chi connectivity index (χ1) is 7.27. The van der Waals surface area contributed by atoms with Gasteiger partial charge in [0.2, 0.25) is 0 Å². The van der Waals surface area contributed by atoms with Crippen LogP contribution < -0.4 is 5.73 Å². The first-order valence-corrected chi connectivity index (χ1v) is 4.81. The van der Waals surface area contributed by atoms with E-state index in [2.05, 4.69) is 20.7 Å². The predicted molar refractivity (Wildman–Crippen MR) is 54.9 cm³/mol. The first-order valence-electron chi connectivity index (χ1n) is 4.02. The number of carbonyl (C=O) groups excluding carboxylic acids is 1. The van der Waals surface area contributed by atoms with Crippen molar-refractivity contribution in [2.45, 2.75) is 6.18 Å². The summed E-state index contributed by atoms with van der Waals surface area (Å²) in [6.45, 7) is 0. The number of alkyl halides is 3. The summed E-state index contributed by atoms with van der Waals surface area (Å²) in [6.07, 6.45) is -4.53. The van der Waals surface area contributed by atoms with Crippen molar-refractivity contribution < 1.29 is 22.7 Å². The van der Waals surface area contributed by atoms with Crippen molar-refractivity contribution >= 4 is 27.6 Å². The van der Waals surface area contributed by atoms with Crippen molar-refractivity contribution in [2.75, 3.05) is 12.8 Å². The summed E-state index contributed by atoms with van der Waals surface area (Å²) in [5, 5.41) is 0. The Morgan fingerprint density at radius 1 is 1.44 bits per heavy atom. The summed E-state index contributed by atoms with van der Waals surface area (Å²) in [5.41, 5.74) is 4.02. The van der Waals surface area contributed by atoms with Crippen LogP contribution >= 0.6 is 15.9 Å². The first kappa shape index (κ1) is 12.8. The van der Waals surface area contributed by atoms with Gasteiger partial charge in [-0.1, -0.05) is 15.9 Å². The molecule has 0 amide bonds. The number of anilines is 1. The van der Waals surface area contributed by atoms with Crippen LogP contribution in [0.3, 0.4) is 0 Å². The normalized spacial score (nSPS) is 11.3. The number of benzene rings is 1. The molecular formula is C9H7BrF3NO2. The minimum atomic E-state index is -4.53. The van der Waals surface area contributed by atoms with E-state index in [0.717, 1.165) is 13.2 Å². The topological polar surface area (TPSA) is 52.3 Å². The lowest BCUT2D eigenvalue weighted by Crippen LogP contribution is -2.11. The van der Waals surface area contributed by atoms with E-state index in [1.54, 1.807) is 0 Å². The SMILES string of the molecule is COC(=O)c1cc(Br)c(C(F)(F)F)cc1N. The average molecular weight is 298 g/mol. The number of ether oxygens (including phenoxy) is 1. The zero-order valence-electron chi connectivity index (χ0n) is 8.06. The Kier molecular flexibility index (Phi) is 3.47. The van der Waals surface area contributed by atoms with Gasteiger partial charge < -0.3 is 10.5 Å². The second-order valence-electron chi connectivity index (χ2n) is 2.91. The highest BCUT2D eigenvalue weighted by Gasteiger charge is 2.34. The third kappa shape index (κ3) is 2.46. The third-order valence-electron chi connectivity index (χ3n) is 1.85. The number of hydrogen-bond acceptors (Lipinski definition) is 3. The van der Waals surface area contributed by atoms with Crippen molar-refractivity contribution in [2.24, 2.45) is 0 Å². The summed E-state index contributed by atoms with van der Waals surface area (Å²) < 4.78 is 41.4. The third-order valence-corrected chi connectivity index (χ3v) is 2.51. The Morgan fingerprint density at radius 3 is 2.44 bits per heavy atom. The number of rotatable bonds is 1. The van der Waals surface area contributed by atoms with Crippen LogP contribution in [0.1, 0.15) is 15.9 Å². The molecule has 0 aliphatic carbocycles. The molecule has 3 nitrogen and oxygen atoms in total. The zero-order valence-corrected chi connectivity index (χ0v) is 9.65. The molecule has 0 heterocycles. The molecule has 0 unspecified atom stereocenters. The molecule has 0 aliphatic heterocycles. The van der Waals surface area contributed by atoms with Crippen LogP contribution in [-0.2, 0) is 10.9 Å². The molecule has 0 fully saturated rings. The van der Waals surface area contributed by atoms with E-state index < -0.39 is 17.7 Å². The number of nitrogens with two attached hydrogens (primary N) is 1. The van der Waals surface area contributed by atoms with Crippen molar-refractivity contribution in [3.8, 4) is 0 Å². The number of nitrogen functional groups attached to an aromatic ring is 1. The average Bonchev–Trinajstić information content (AvgIpc) is 2.18. The summed E-state index contributed by atoms with van der Waals surface area (Å²) in [5.74, 6) is -0.785.